The average Bonchev–Trinajstić information content (AvgIpc) is 2.54. The number of para-hydroxylation sites is 1. The number of nitrogens with one attached hydrogen (secondary N) is 3. The van der Waals surface area contributed by atoms with E-state index in [1.807, 2.05) is 18.2 Å². The van der Waals surface area contributed by atoms with Crippen LogP contribution >= 0.6 is 0 Å². The zero-order valence-corrected chi connectivity index (χ0v) is 11.7. The first-order valence-electron chi connectivity index (χ1n) is 6.61. The summed E-state index contributed by atoms with van der Waals surface area (Å²) in [5.74, 6) is -1.06. The normalized spacial score (nSPS) is 9.82. The summed E-state index contributed by atoms with van der Waals surface area (Å²) in [6, 6.07) is 10.4. The van der Waals surface area contributed by atoms with Crippen molar-refractivity contribution in [2.24, 2.45) is 0 Å². The van der Waals surface area contributed by atoms with E-state index in [-0.39, 0.29) is 24.3 Å². The van der Waals surface area contributed by atoms with E-state index in [0.29, 0.717) is 5.75 Å². The van der Waals surface area contributed by atoms with E-state index < -0.39 is 11.8 Å². The number of aromatic amines is 1. The standard InChI is InChI=1S/C15H15N3O4/c19-13-6-7-16-10-12(13)18-15(21)14(20)17-8-9-22-11-4-2-1-3-5-11/h1-7,10H,8-9H2,(H,16,19)(H,17,20)(H,18,21). The Morgan fingerprint density at radius 3 is 2.59 bits per heavy atom. The molecule has 1 aromatic heterocycles. The maximum atomic E-state index is 11.6. The van der Waals surface area contributed by atoms with Crippen LogP contribution in [0.3, 0.4) is 0 Å². The molecular weight excluding hydrogens is 286 g/mol. The third-order valence-electron chi connectivity index (χ3n) is 2.68. The fourth-order valence-corrected chi connectivity index (χ4v) is 1.62. The number of hydrogen-bond donors (Lipinski definition) is 3. The van der Waals surface area contributed by atoms with Crippen LogP contribution < -0.4 is 20.8 Å². The van der Waals surface area contributed by atoms with Gasteiger partial charge in [0.1, 0.15) is 18.0 Å². The summed E-state index contributed by atoms with van der Waals surface area (Å²) in [5.41, 5.74) is -0.365. The molecule has 2 rings (SSSR count). The number of carbonyl (C=O) groups is 2. The molecular formula is C15H15N3O4. The van der Waals surface area contributed by atoms with Gasteiger partial charge in [-0.3, -0.25) is 14.4 Å². The predicted molar refractivity (Wildman–Crippen MR) is 80.6 cm³/mol. The fraction of sp³-hybridized carbons (Fsp3) is 0.133. The summed E-state index contributed by atoms with van der Waals surface area (Å²) in [6.07, 6.45) is 2.74. The molecule has 3 N–H and O–H groups in total. The Morgan fingerprint density at radius 2 is 1.86 bits per heavy atom. The van der Waals surface area contributed by atoms with E-state index in [9.17, 15) is 14.4 Å². The fourth-order valence-electron chi connectivity index (χ4n) is 1.62. The minimum Gasteiger partial charge on any atom is -0.492 e. The van der Waals surface area contributed by atoms with Crippen LogP contribution in [0.1, 0.15) is 0 Å². The third kappa shape index (κ3) is 4.48. The molecule has 0 aliphatic carbocycles. The second-order valence-corrected chi connectivity index (χ2v) is 4.29. The smallest absolute Gasteiger partial charge is 0.313 e. The molecule has 0 aliphatic heterocycles. The lowest BCUT2D eigenvalue weighted by atomic mass is 10.3. The van der Waals surface area contributed by atoms with Crippen molar-refractivity contribution in [2.45, 2.75) is 0 Å². The van der Waals surface area contributed by atoms with Crippen molar-refractivity contribution < 1.29 is 14.3 Å². The highest BCUT2D eigenvalue weighted by Crippen LogP contribution is 2.07. The zero-order valence-electron chi connectivity index (χ0n) is 11.7. The van der Waals surface area contributed by atoms with Crippen LogP contribution in [0.5, 0.6) is 5.75 Å². The zero-order chi connectivity index (χ0) is 15.8. The highest BCUT2D eigenvalue weighted by Gasteiger charge is 2.14. The topological polar surface area (TPSA) is 100 Å². The second kappa shape index (κ2) is 7.63. The molecule has 0 saturated heterocycles. The van der Waals surface area contributed by atoms with Gasteiger partial charge >= 0.3 is 11.8 Å². The number of rotatable bonds is 5. The Morgan fingerprint density at radius 1 is 1.09 bits per heavy atom. The molecule has 0 saturated carbocycles. The third-order valence-corrected chi connectivity index (χ3v) is 2.68. The molecule has 2 aromatic rings. The van der Waals surface area contributed by atoms with Crippen LogP contribution in [0.4, 0.5) is 5.69 Å². The van der Waals surface area contributed by atoms with Crippen molar-refractivity contribution in [1.29, 1.82) is 0 Å². The molecule has 114 valence electrons. The summed E-state index contributed by atoms with van der Waals surface area (Å²) >= 11 is 0. The van der Waals surface area contributed by atoms with Gasteiger partial charge in [-0.1, -0.05) is 18.2 Å². The van der Waals surface area contributed by atoms with Gasteiger partial charge in [-0.15, -0.1) is 0 Å². The predicted octanol–water partition coefficient (Wildman–Crippen LogP) is 0.509. The molecule has 1 heterocycles. The lowest BCUT2D eigenvalue weighted by Gasteiger charge is -2.07. The molecule has 0 radical (unpaired) electrons. The maximum absolute atomic E-state index is 11.6. The van der Waals surface area contributed by atoms with Crippen molar-refractivity contribution in [2.75, 3.05) is 18.5 Å². The SMILES string of the molecule is O=C(NCCOc1ccccc1)C(=O)Nc1c[nH]ccc1=O. The molecule has 0 fully saturated rings. The number of pyridine rings is 1. The lowest BCUT2D eigenvalue weighted by molar-refractivity contribution is -0.136. The van der Waals surface area contributed by atoms with Gasteiger partial charge in [-0.05, 0) is 12.1 Å². The number of aromatic nitrogens is 1. The number of hydrogen-bond acceptors (Lipinski definition) is 4. The molecule has 0 spiro atoms. The van der Waals surface area contributed by atoms with Gasteiger partial charge in [-0.2, -0.15) is 0 Å². The quantitative estimate of drug-likeness (QED) is 0.553. The Hall–Kier alpha value is -3.09. The largest absolute Gasteiger partial charge is 0.492 e. The van der Waals surface area contributed by atoms with Gasteiger partial charge in [0.2, 0.25) is 5.43 Å². The number of carbonyl (C=O) groups excluding carboxylic acids is 2. The van der Waals surface area contributed by atoms with Crippen molar-refractivity contribution in [3.63, 3.8) is 0 Å². The van der Waals surface area contributed by atoms with E-state index in [4.69, 9.17) is 4.74 Å². The van der Waals surface area contributed by atoms with E-state index in [2.05, 4.69) is 15.6 Å². The average molecular weight is 301 g/mol. The first-order chi connectivity index (χ1) is 10.7. The Bertz CT molecular complexity index is 697. The van der Waals surface area contributed by atoms with Crippen molar-refractivity contribution >= 4 is 17.5 Å². The monoisotopic (exact) mass is 301 g/mol. The van der Waals surface area contributed by atoms with Gasteiger partial charge in [0, 0.05) is 18.5 Å². The summed E-state index contributed by atoms with van der Waals surface area (Å²) < 4.78 is 5.37. The Kier molecular flexibility index (Phi) is 5.31. The first-order valence-corrected chi connectivity index (χ1v) is 6.61. The molecule has 7 heteroatoms. The molecule has 0 bridgehead atoms. The van der Waals surface area contributed by atoms with Crippen molar-refractivity contribution in [3.8, 4) is 5.75 Å². The number of ether oxygens (including phenoxy) is 1. The van der Waals surface area contributed by atoms with Gasteiger partial charge < -0.3 is 20.4 Å². The summed E-state index contributed by atoms with van der Waals surface area (Å²) in [6.45, 7) is 0.404. The van der Waals surface area contributed by atoms with E-state index in [1.54, 1.807) is 12.1 Å². The van der Waals surface area contributed by atoms with Gasteiger partial charge in [-0.25, -0.2) is 0 Å². The lowest BCUT2D eigenvalue weighted by Crippen LogP contribution is -2.38. The molecule has 0 aliphatic rings. The highest BCUT2D eigenvalue weighted by atomic mass is 16.5. The second-order valence-electron chi connectivity index (χ2n) is 4.29. The summed E-state index contributed by atoms with van der Waals surface area (Å²) in [5, 5.41) is 4.64. The van der Waals surface area contributed by atoms with Crippen LogP contribution in [-0.2, 0) is 9.59 Å². The maximum Gasteiger partial charge on any atom is 0.313 e. The van der Waals surface area contributed by atoms with E-state index >= 15 is 0 Å². The molecule has 7 nitrogen and oxygen atoms in total. The molecule has 2 amide bonds. The van der Waals surface area contributed by atoms with Gasteiger partial charge in [0.15, 0.2) is 0 Å². The minimum atomic E-state index is -0.906. The summed E-state index contributed by atoms with van der Waals surface area (Å²) in [7, 11) is 0. The van der Waals surface area contributed by atoms with Crippen molar-refractivity contribution in [1.82, 2.24) is 10.3 Å². The number of amides is 2. The number of H-pyrrole nitrogens is 1. The van der Waals surface area contributed by atoms with Gasteiger partial charge in [0.05, 0.1) is 6.54 Å². The molecule has 0 unspecified atom stereocenters. The minimum absolute atomic E-state index is 0.0168. The van der Waals surface area contributed by atoms with Crippen LogP contribution in [-0.4, -0.2) is 29.9 Å². The number of anilines is 1. The Balaban J connectivity index is 1.74. The number of benzene rings is 1. The van der Waals surface area contributed by atoms with Crippen molar-refractivity contribution in [3.05, 3.63) is 59.0 Å². The van der Waals surface area contributed by atoms with Crippen LogP contribution in [0.2, 0.25) is 0 Å². The van der Waals surface area contributed by atoms with Gasteiger partial charge in [0.25, 0.3) is 0 Å². The Labute approximate surface area is 126 Å². The van der Waals surface area contributed by atoms with Crippen LogP contribution in [0, 0.1) is 0 Å². The molecule has 0 atom stereocenters. The van der Waals surface area contributed by atoms with E-state index in [0.717, 1.165) is 0 Å². The summed E-state index contributed by atoms with van der Waals surface area (Å²) in [4.78, 5) is 37.2. The molecule has 1 aromatic carbocycles. The van der Waals surface area contributed by atoms with Crippen LogP contribution in [0.25, 0.3) is 0 Å². The van der Waals surface area contributed by atoms with Crippen LogP contribution in [0.15, 0.2) is 53.6 Å². The molecule has 22 heavy (non-hydrogen) atoms. The highest BCUT2D eigenvalue weighted by molar-refractivity contribution is 6.39. The first kappa shape index (κ1) is 15.3. The van der Waals surface area contributed by atoms with E-state index in [1.165, 1.54) is 18.5 Å².